The lowest BCUT2D eigenvalue weighted by Crippen LogP contribution is -2.35. The maximum Gasteiger partial charge on any atom is 0.123 e. The minimum atomic E-state index is -0.120. The SMILES string of the molecule is CCCNC(Cc1cc(F)ccc1C)C1CC1(C)C. The van der Waals surface area contributed by atoms with Crippen LogP contribution in [-0.2, 0) is 6.42 Å². The Morgan fingerprint density at radius 2 is 2.11 bits per heavy atom. The van der Waals surface area contributed by atoms with E-state index in [1.54, 1.807) is 12.1 Å². The summed E-state index contributed by atoms with van der Waals surface area (Å²) in [6, 6.07) is 5.62. The normalized spacial score (nSPS) is 22.3. The molecule has 0 heterocycles. The van der Waals surface area contributed by atoms with Gasteiger partial charge in [-0.3, -0.25) is 0 Å². The molecule has 0 radical (unpaired) electrons. The predicted octanol–water partition coefficient (Wildman–Crippen LogP) is 4.09. The van der Waals surface area contributed by atoms with E-state index < -0.39 is 0 Å². The van der Waals surface area contributed by atoms with E-state index in [1.807, 2.05) is 6.07 Å². The largest absolute Gasteiger partial charge is 0.313 e. The van der Waals surface area contributed by atoms with Crippen molar-refractivity contribution in [3.05, 3.63) is 35.1 Å². The van der Waals surface area contributed by atoms with Crippen molar-refractivity contribution >= 4 is 0 Å². The highest BCUT2D eigenvalue weighted by Gasteiger charge is 2.49. The number of aryl methyl sites for hydroxylation is 1. The number of benzene rings is 1. The zero-order chi connectivity index (χ0) is 14.0. The lowest BCUT2D eigenvalue weighted by Gasteiger charge is -2.21. The van der Waals surface area contributed by atoms with Gasteiger partial charge in [-0.15, -0.1) is 0 Å². The van der Waals surface area contributed by atoms with Gasteiger partial charge in [0.1, 0.15) is 5.82 Å². The summed E-state index contributed by atoms with van der Waals surface area (Å²) in [6.07, 6.45) is 3.37. The molecule has 0 bridgehead atoms. The van der Waals surface area contributed by atoms with Gasteiger partial charge in [-0.1, -0.05) is 26.8 Å². The van der Waals surface area contributed by atoms with Gasteiger partial charge < -0.3 is 5.32 Å². The molecule has 0 spiro atoms. The number of nitrogens with one attached hydrogen (secondary N) is 1. The molecule has 1 aromatic carbocycles. The van der Waals surface area contributed by atoms with Gasteiger partial charge in [0.15, 0.2) is 0 Å². The van der Waals surface area contributed by atoms with Crippen molar-refractivity contribution in [2.24, 2.45) is 11.3 Å². The van der Waals surface area contributed by atoms with Gasteiger partial charge in [0.25, 0.3) is 0 Å². The Morgan fingerprint density at radius 1 is 1.42 bits per heavy atom. The van der Waals surface area contributed by atoms with Crippen molar-refractivity contribution < 1.29 is 4.39 Å². The molecule has 1 aliphatic rings. The van der Waals surface area contributed by atoms with Crippen molar-refractivity contribution in [1.29, 1.82) is 0 Å². The van der Waals surface area contributed by atoms with E-state index in [0.717, 1.165) is 30.9 Å². The minimum absolute atomic E-state index is 0.120. The standard InChI is InChI=1S/C17H26FN/c1-5-8-19-16(15-11-17(15,3)4)10-13-9-14(18)7-6-12(13)2/h6-7,9,15-16,19H,5,8,10-11H2,1-4H3. The molecule has 0 aliphatic heterocycles. The van der Waals surface area contributed by atoms with Gasteiger partial charge in [-0.25, -0.2) is 4.39 Å². The van der Waals surface area contributed by atoms with Crippen molar-refractivity contribution in [2.45, 2.75) is 53.0 Å². The van der Waals surface area contributed by atoms with Crippen LogP contribution in [0.25, 0.3) is 0 Å². The quantitative estimate of drug-likeness (QED) is 0.815. The number of hydrogen-bond donors (Lipinski definition) is 1. The van der Waals surface area contributed by atoms with E-state index in [4.69, 9.17) is 0 Å². The zero-order valence-corrected chi connectivity index (χ0v) is 12.6. The van der Waals surface area contributed by atoms with Crippen LogP contribution in [0.15, 0.2) is 18.2 Å². The molecule has 106 valence electrons. The van der Waals surface area contributed by atoms with Crippen LogP contribution in [0.2, 0.25) is 0 Å². The molecule has 2 heteroatoms. The second-order valence-corrected chi connectivity index (χ2v) is 6.63. The van der Waals surface area contributed by atoms with Crippen LogP contribution in [0, 0.1) is 24.1 Å². The van der Waals surface area contributed by atoms with Crippen LogP contribution < -0.4 is 5.32 Å². The Bertz CT molecular complexity index is 439. The molecule has 2 unspecified atom stereocenters. The van der Waals surface area contributed by atoms with Crippen molar-refractivity contribution in [1.82, 2.24) is 5.32 Å². The Labute approximate surface area is 116 Å². The topological polar surface area (TPSA) is 12.0 Å². The summed E-state index contributed by atoms with van der Waals surface area (Å²) in [5.41, 5.74) is 2.80. The fourth-order valence-corrected chi connectivity index (χ4v) is 2.98. The molecule has 1 fully saturated rings. The Kier molecular flexibility index (Phi) is 4.29. The number of rotatable bonds is 6. The van der Waals surface area contributed by atoms with Crippen LogP contribution in [0.3, 0.4) is 0 Å². The highest BCUT2D eigenvalue weighted by atomic mass is 19.1. The van der Waals surface area contributed by atoms with Gasteiger partial charge in [-0.2, -0.15) is 0 Å². The van der Waals surface area contributed by atoms with Crippen LogP contribution in [-0.4, -0.2) is 12.6 Å². The summed E-state index contributed by atoms with van der Waals surface area (Å²) in [5, 5.41) is 3.66. The molecule has 2 rings (SSSR count). The zero-order valence-electron chi connectivity index (χ0n) is 12.6. The Hall–Kier alpha value is -0.890. The monoisotopic (exact) mass is 263 g/mol. The maximum atomic E-state index is 13.4. The molecular formula is C17H26FN. The van der Waals surface area contributed by atoms with Crippen LogP contribution in [0.1, 0.15) is 44.7 Å². The van der Waals surface area contributed by atoms with Gasteiger partial charge in [0, 0.05) is 6.04 Å². The lowest BCUT2D eigenvalue weighted by atomic mass is 9.94. The van der Waals surface area contributed by atoms with Crippen LogP contribution in [0.4, 0.5) is 4.39 Å². The summed E-state index contributed by atoms with van der Waals surface area (Å²) < 4.78 is 13.4. The highest BCUT2D eigenvalue weighted by molar-refractivity contribution is 5.28. The average molecular weight is 263 g/mol. The van der Waals surface area contributed by atoms with Crippen molar-refractivity contribution in [3.8, 4) is 0 Å². The molecule has 0 amide bonds. The van der Waals surface area contributed by atoms with Crippen molar-refractivity contribution in [3.63, 3.8) is 0 Å². The number of halogens is 1. The second-order valence-electron chi connectivity index (χ2n) is 6.63. The van der Waals surface area contributed by atoms with E-state index in [0.29, 0.717) is 11.5 Å². The van der Waals surface area contributed by atoms with Crippen LogP contribution >= 0.6 is 0 Å². The summed E-state index contributed by atoms with van der Waals surface area (Å²) in [5.74, 6) is 0.603. The number of hydrogen-bond acceptors (Lipinski definition) is 1. The first-order chi connectivity index (χ1) is 8.94. The lowest BCUT2D eigenvalue weighted by molar-refractivity contribution is 0.401. The highest BCUT2D eigenvalue weighted by Crippen LogP contribution is 2.54. The molecule has 1 N–H and O–H groups in total. The first-order valence-electron chi connectivity index (χ1n) is 7.42. The molecule has 19 heavy (non-hydrogen) atoms. The van der Waals surface area contributed by atoms with Gasteiger partial charge in [-0.05, 0) is 67.3 Å². The first kappa shape index (κ1) is 14.5. The second kappa shape index (κ2) is 5.62. The molecule has 1 aliphatic carbocycles. The maximum absolute atomic E-state index is 13.4. The molecule has 1 saturated carbocycles. The Balaban J connectivity index is 2.09. The van der Waals surface area contributed by atoms with E-state index in [2.05, 4.69) is 33.0 Å². The third kappa shape index (κ3) is 3.56. The third-order valence-corrected chi connectivity index (χ3v) is 4.48. The smallest absolute Gasteiger partial charge is 0.123 e. The fourth-order valence-electron chi connectivity index (χ4n) is 2.98. The van der Waals surface area contributed by atoms with Crippen LogP contribution in [0.5, 0.6) is 0 Å². The summed E-state index contributed by atoms with van der Waals surface area (Å²) >= 11 is 0. The van der Waals surface area contributed by atoms with Gasteiger partial charge in [0.05, 0.1) is 0 Å². The molecule has 2 atom stereocenters. The third-order valence-electron chi connectivity index (χ3n) is 4.48. The average Bonchev–Trinajstić information content (AvgIpc) is 2.98. The predicted molar refractivity (Wildman–Crippen MR) is 78.8 cm³/mol. The summed E-state index contributed by atoms with van der Waals surface area (Å²) in [7, 11) is 0. The molecule has 0 aromatic heterocycles. The summed E-state index contributed by atoms with van der Waals surface area (Å²) in [6.45, 7) is 9.97. The van der Waals surface area contributed by atoms with E-state index in [9.17, 15) is 4.39 Å². The molecule has 0 saturated heterocycles. The van der Waals surface area contributed by atoms with E-state index >= 15 is 0 Å². The minimum Gasteiger partial charge on any atom is -0.313 e. The van der Waals surface area contributed by atoms with Gasteiger partial charge in [0.2, 0.25) is 0 Å². The molecule has 1 aromatic rings. The van der Waals surface area contributed by atoms with Gasteiger partial charge >= 0.3 is 0 Å². The van der Waals surface area contributed by atoms with Crippen molar-refractivity contribution in [2.75, 3.05) is 6.54 Å². The Morgan fingerprint density at radius 3 is 2.68 bits per heavy atom. The van der Waals surface area contributed by atoms with E-state index in [1.165, 1.54) is 12.0 Å². The first-order valence-corrected chi connectivity index (χ1v) is 7.42. The van der Waals surface area contributed by atoms with E-state index in [-0.39, 0.29) is 5.82 Å². The fraction of sp³-hybridized carbons (Fsp3) is 0.647. The summed E-state index contributed by atoms with van der Waals surface area (Å²) in [4.78, 5) is 0. The molecule has 1 nitrogen and oxygen atoms in total. The molecular weight excluding hydrogens is 237 g/mol.